The topological polar surface area (TPSA) is 115 Å². The Labute approximate surface area is 183 Å². The third-order valence-electron chi connectivity index (χ3n) is 5.04. The van der Waals surface area contributed by atoms with Gasteiger partial charge in [-0.25, -0.2) is 9.80 Å². The molecule has 2 aromatic carbocycles. The molecule has 0 radical (unpaired) electrons. The first-order chi connectivity index (χ1) is 15.4. The molecule has 162 valence electrons. The van der Waals surface area contributed by atoms with Gasteiger partial charge in [0.2, 0.25) is 0 Å². The molecular weight excluding hydrogens is 414 g/mol. The van der Waals surface area contributed by atoms with Crippen LogP contribution in [0, 0.1) is 17.0 Å². The molecule has 9 heteroatoms. The van der Waals surface area contributed by atoms with Crippen molar-refractivity contribution in [3.05, 3.63) is 99.5 Å². The molecular formula is C23H19N3O6. The number of ether oxygens (including phenoxy) is 1. The fraction of sp³-hybridized carbons (Fsp3) is 0.174. The van der Waals surface area contributed by atoms with Crippen LogP contribution in [-0.2, 0) is 9.53 Å². The highest BCUT2D eigenvalue weighted by atomic mass is 16.6. The molecule has 1 aliphatic heterocycles. The molecule has 4 rings (SSSR count). The number of carbonyl (C=O) groups excluding carboxylic acids is 2. The number of hydrogen-bond acceptors (Lipinski definition) is 7. The minimum absolute atomic E-state index is 0.0140. The number of esters is 1. The SMILES string of the molecule is Cc1ccc(C2=NN(C(=O)COC(=O)c3cccc([N+](=O)[O-])c3)C(c3ccco3)C2)cc1. The van der Waals surface area contributed by atoms with Crippen molar-refractivity contribution in [2.24, 2.45) is 5.10 Å². The average Bonchev–Trinajstić information content (AvgIpc) is 3.48. The number of benzene rings is 2. The molecule has 32 heavy (non-hydrogen) atoms. The van der Waals surface area contributed by atoms with Crippen molar-refractivity contribution in [3.8, 4) is 0 Å². The van der Waals surface area contributed by atoms with Crippen molar-refractivity contribution in [1.82, 2.24) is 5.01 Å². The standard InChI is InChI=1S/C23H19N3O6/c1-15-7-9-16(10-8-15)19-13-20(21-6-3-11-31-21)25(24-19)22(27)14-32-23(28)17-4-2-5-18(12-17)26(29)30/h2-12,20H,13-14H2,1H3. The fourth-order valence-electron chi connectivity index (χ4n) is 3.39. The summed E-state index contributed by atoms with van der Waals surface area (Å²) in [6.45, 7) is 1.42. The van der Waals surface area contributed by atoms with Gasteiger partial charge in [0.15, 0.2) is 6.61 Å². The molecule has 0 bridgehead atoms. The molecule has 0 aliphatic carbocycles. The first-order valence-corrected chi connectivity index (χ1v) is 9.84. The highest BCUT2D eigenvalue weighted by Gasteiger charge is 2.35. The fourth-order valence-corrected chi connectivity index (χ4v) is 3.39. The van der Waals surface area contributed by atoms with E-state index in [-0.39, 0.29) is 11.3 Å². The van der Waals surface area contributed by atoms with Crippen LogP contribution in [0.5, 0.6) is 0 Å². The molecule has 3 aromatic rings. The molecule has 1 atom stereocenters. The van der Waals surface area contributed by atoms with Crippen molar-refractivity contribution in [2.75, 3.05) is 6.61 Å². The Morgan fingerprint density at radius 3 is 2.66 bits per heavy atom. The van der Waals surface area contributed by atoms with E-state index in [1.54, 1.807) is 12.1 Å². The van der Waals surface area contributed by atoms with E-state index in [4.69, 9.17) is 9.15 Å². The lowest BCUT2D eigenvalue weighted by Crippen LogP contribution is -2.31. The first-order valence-electron chi connectivity index (χ1n) is 9.84. The van der Waals surface area contributed by atoms with Crippen LogP contribution >= 0.6 is 0 Å². The summed E-state index contributed by atoms with van der Waals surface area (Å²) in [5, 5.41) is 16.6. The number of rotatable bonds is 6. The van der Waals surface area contributed by atoms with Crippen LogP contribution in [0.2, 0.25) is 0 Å². The third kappa shape index (κ3) is 4.41. The predicted molar refractivity (Wildman–Crippen MR) is 114 cm³/mol. The second kappa shape index (κ2) is 8.84. The highest BCUT2D eigenvalue weighted by molar-refractivity contribution is 6.03. The van der Waals surface area contributed by atoms with Crippen LogP contribution in [0.4, 0.5) is 5.69 Å². The van der Waals surface area contributed by atoms with E-state index in [9.17, 15) is 19.7 Å². The Bertz CT molecular complexity index is 1180. The van der Waals surface area contributed by atoms with Crippen molar-refractivity contribution in [3.63, 3.8) is 0 Å². The number of non-ortho nitro benzene ring substituents is 1. The molecule has 1 aliphatic rings. The Morgan fingerprint density at radius 2 is 1.97 bits per heavy atom. The van der Waals surface area contributed by atoms with E-state index in [0.29, 0.717) is 17.9 Å². The zero-order chi connectivity index (χ0) is 22.7. The summed E-state index contributed by atoms with van der Waals surface area (Å²) in [4.78, 5) is 35.5. The van der Waals surface area contributed by atoms with Gasteiger partial charge in [-0.15, -0.1) is 0 Å². The quantitative estimate of drug-likeness (QED) is 0.329. The Hall–Kier alpha value is -4.27. The maximum Gasteiger partial charge on any atom is 0.338 e. The maximum absolute atomic E-state index is 12.9. The average molecular weight is 433 g/mol. The summed E-state index contributed by atoms with van der Waals surface area (Å²) in [5.74, 6) is -0.806. The minimum Gasteiger partial charge on any atom is -0.467 e. The number of hydrazone groups is 1. The predicted octanol–water partition coefficient (Wildman–Crippen LogP) is 4.03. The van der Waals surface area contributed by atoms with Crippen LogP contribution in [0.1, 0.15) is 39.7 Å². The number of hydrogen-bond donors (Lipinski definition) is 0. The number of nitrogens with zero attached hydrogens (tertiary/aromatic N) is 3. The number of amides is 1. The number of nitro groups is 1. The van der Waals surface area contributed by atoms with Gasteiger partial charge in [0, 0.05) is 18.6 Å². The van der Waals surface area contributed by atoms with Gasteiger partial charge in [0.05, 0.1) is 22.5 Å². The van der Waals surface area contributed by atoms with E-state index in [1.807, 2.05) is 31.2 Å². The van der Waals surface area contributed by atoms with Gasteiger partial charge in [-0.3, -0.25) is 14.9 Å². The second-order valence-corrected chi connectivity index (χ2v) is 7.27. The molecule has 0 fully saturated rings. The molecule has 2 heterocycles. The Morgan fingerprint density at radius 1 is 1.19 bits per heavy atom. The lowest BCUT2D eigenvalue weighted by molar-refractivity contribution is -0.384. The molecule has 0 N–H and O–H groups in total. The normalized spacial score (nSPS) is 15.3. The van der Waals surface area contributed by atoms with Crippen molar-refractivity contribution >= 4 is 23.3 Å². The summed E-state index contributed by atoms with van der Waals surface area (Å²) < 4.78 is 10.6. The van der Waals surface area contributed by atoms with Crippen molar-refractivity contribution < 1.29 is 23.7 Å². The lowest BCUT2D eigenvalue weighted by Gasteiger charge is -2.19. The zero-order valence-corrected chi connectivity index (χ0v) is 17.1. The smallest absolute Gasteiger partial charge is 0.338 e. The summed E-state index contributed by atoms with van der Waals surface area (Å²) in [7, 11) is 0. The van der Waals surface area contributed by atoms with Crippen LogP contribution in [0.15, 0.2) is 76.4 Å². The van der Waals surface area contributed by atoms with Crippen LogP contribution in [0.25, 0.3) is 0 Å². The van der Waals surface area contributed by atoms with Crippen molar-refractivity contribution in [1.29, 1.82) is 0 Å². The van der Waals surface area contributed by atoms with E-state index in [0.717, 1.165) is 17.2 Å². The largest absolute Gasteiger partial charge is 0.467 e. The second-order valence-electron chi connectivity index (χ2n) is 7.27. The monoisotopic (exact) mass is 433 g/mol. The number of carbonyl (C=O) groups is 2. The van der Waals surface area contributed by atoms with E-state index < -0.39 is 29.4 Å². The van der Waals surface area contributed by atoms with Crippen LogP contribution in [0.3, 0.4) is 0 Å². The van der Waals surface area contributed by atoms with E-state index in [1.165, 1.54) is 29.5 Å². The third-order valence-corrected chi connectivity index (χ3v) is 5.04. The molecule has 1 unspecified atom stereocenters. The zero-order valence-electron chi connectivity index (χ0n) is 17.1. The summed E-state index contributed by atoms with van der Waals surface area (Å²) in [6, 6.07) is 15.9. The molecule has 9 nitrogen and oxygen atoms in total. The minimum atomic E-state index is -0.835. The van der Waals surface area contributed by atoms with Crippen molar-refractivity contribution in [2.45, 2.75) is 19.4 Å². The van der Waals surface area contributed by atoms with Gasteiger partial charge >= 0.3 is 5.97 Å². The first kappa shape index (κ1) is 21.0. The van der Waals surface area contributed by atoms with Crippen LogP contribution < -0.4 is 0 Å². The van der Waals surface area contributed by atoms with Gasteiger partial charge in [0.1, 0.15) is 11.8 Å². The number of aryl methyl sites for hydroxylation is 1. The Balaban J connectivity index is 1.50. The van der Waals surface area contributed by atoms with Crippen LogP contribution in [-0.4, -0.2) is 34.1 Å². The molecule has 1 amide bonds. The lowest BCUT2D eigenvalue weighted by atomic mass is 10.0. The van der Waals surface area contributed by atoms with Gasteiger partial charge in [-0.1, -0.05) is 35.9 Å². The molecule has 0 saturated heterocycles. The molecule has 0 saturated carbocycles. The van der Waals surface area contributed by atoms with E-state index >= 15 is 0 Å². The van der Waals surface area contributed by atoms with Gasteiger partial charge < -0.3 is 9.15 Å². The molecule has 1 aromatic heterocycles. The summed E-state index contributed by atoms with van der Waals surface area (Å²) >= 11 is 0. The number of furan rings is 1. The van der Waals surface area contributed by atoms with E-state index in [2.05, 4.69) is 5.10 Å². The van der Waals surface area contributed by atoms with Gasteiger partial charge in [-0.2, -0.15) is 5.10 Å². The molecule has 0 spiro atoms. The summed E-state index contributed by atoms with van der Waals surface area (Å²) in [6.07, 6.45) is 1.96. The van der Waals surface area contributed by atoms with Gasteiger partial charge in [0.25, 0.3) is 11.6 Å². The van der Waals surface area contributed by atoms with Gasteiger partial charge in [-0.05, 0) is 30.7 Å². The Kier molecular flexibility index (Phi) is 5.80. The highest BCUT2D eigenvalue weighted by Crippen LogP contribution is 2.33. The number of nitro benzene ring substituents is 1. The summed E-state index contributed by atoms with van der Waals surface area (Å²) in [5.41, 5.74) is 2.45. The maximum atomic E-state index is 12.9.